The largest absolute Gasteiger partial charge is 0.497 e. The first kappa shape index (κ1) is 52.4. The lowest BCUT2D eigenvalue weighted by Crippen LogP contribution is -2.46. The van der Waals surface area contributed by atoms with Crippen LogP contribution in [0.5, 0.6) is 28.7 Å². The van der Waals surface area contributed by atoms with Gasteiger partial charge < -0.3 is 33.5 Å². The third-order valence-electron chi connectivity index (χ3n) is 18.2. The second-order valence-electron chi connectivity index (χ2n) is 22.9. The summed E-state index contributed by atoms with van der Waals surface area (Å²) in [5.41, 5.74) is 5.05. The average molecular weight is 1050 g/mol. The molecule has 77 heavy (non-hydrogen) atoms. The predicted octanol–water partition coefficient (Wildman–Crippen LogP) is 16.0. The Morgan fingerprint density at radius 1 is 0.675 bits per heavy atom. The van der Waals surface area contributed by atoms with Crippen molar-refractivity contribution in [1.82, 2.24) is 0 Å². The molecule has 2 heterocycles. The Hall–Kier alpha value is -6.62. The summed E-state index contributed by atoms with van der Waals surface area (Å²) in [6.45, 7) is 9.13. The van der Waals surface area contributed by atoms with Gasteiger partial charge in [0.1, 0.15) is 28.7 Å². The summed E-state index contributed by atoms with van der Waals surface area (Å²) < 4.78 is 74.4. The van der Waals surface area contributed by atoms with Gasteiger partial charge in [0.25, 0.3) is 0 Å². The Bertz CT molecular complexity index is 3080. The zero-order chi connectivity index (χ0) is 53.6. The fraction of sp³-hybridized carbons (Fsp3) is 0.439. The molecule has 6 aromatic carbocycles. The molecule has 11 heteroatoms. The SMILES string of the molecule is CCCCC[C@H]1CC[C@H]([C@H]2CC[C@H](C(=O)Oc3ccc(N4CCN(c5cc6c7c(c8c(c6cc5OC)OC(c5ccc(OC)cc5)(c5ccc(OC)cc5)C=C8)C(C)(C)c5cc(C(F)(F)F)ccc5-7)CC4)cc3)CC2)CC1. The molecule has 404 valence electrons. The summed E-state index contributed by atoms with van der Waals surface area (Å²) in [5.74, 6) is 5.62. The molecule has 3 aliphatic carbocycles. The van der Waals surface area contributed by atoms with Gasteiger partial charge in [-0.15, -0.1) is 0 Å². The number of hydrogen-bond donors (Lipinski definition) is 0. The Kier molecular flexibility index (Phi) is 14.5. The van der Waals surface area contributed by atoms with E-state index in [0.29, 0.717) is 47.4 Å². The predicted molar refractivity (Wildman–Crippen MR) is 301 cm³/mol. The maximum absolute atomic E-state index is 14.5. The second-order valence-corrected chi connectivity index (χ2v) is 22.9. The van der Waals surface area contributed by atoms with Crippen molar-refractivity contribution in [1.29, 1.82) is 0 Å². The monoisotopic (exact) mass is 1050 g/mol. The highest BCUT2D eigenvalue weighted by atomic mass is 19.4. The van der Waals surface area contributed by atoms with Crippen LogP contribution in [0.2, 0.25) is 0 Å². The number of anilines is 2. The topological polar surface area (TPSA) is 69.7 Å². The minimum atomic E-state index is -4.51. The summed E-state index contributed by atoms with van der Waals surface area (Å²) in [7, 11) is 4.95. The van der Waals surface area contributed by atoms with Gasteiger partial charge in [-0.2, -0.15) is 13.2 Å². The number of rotatable bonds is 14. The van der Waals surface area contributed by atoms with Crippen molar-refractivity contribution in [3.05, 3.63) is 143 Å². The van der Waals surface area contributed by atoms with E-state index in [1.165, 1.54) is 63.5 Å². The molecule has 2 aliphatic heterocycles. The number of methoxy groups -OCH3 is 3. The second kappa shape index (κ2) is 21.3. The zero-order valence-corrected chi connectivity index (χ0v) is 45.6. The minimum Gasteiger partial charge on any atom is -0.497 e. The molecular weight excluding hydrogens is 974 g/mol. The van der Waals surface area contributed by atoms with Gasteiger partial charge in [0.2, 0.25) is 0 Å². The number of carbonyl (C=O) groups is 1. The van der Waals surface area contributed by atoms with E-state index in [-0.39, 0.29) is 11.9 Å². The van der Waals surface area contributed by atoms with Crippen molar-refractivity contribution < 1.29 is 41.7 Å². The van der Waals surface area contributed by atoms with E-state index in [1.54, 1.807) is 27.4 Å². The van der Waals surface area contributed by atoms with Gasteiger partial charge in [0, 0.05) is 59.4 Å². The van der Waals surface area contributed by atoms with Gasteiger partial charge >= 0.3 is 12.1 Å². The molecule has 0 N–H and O–H groups in total. The lowest BCUT2D eigenvalue weighted by Gasteiger charge is -2.39. The van der Waals surface area contributed by atoms with E-state index in [4.69, 9.17) is 23.7 Å². The summed E-state index contributed by atoms with van der Waals surface area (Å²) in [4.78, 5) is 18.1. The summed E-state index contributed by atoms with van der Waals surface area (Å²) in [6.07, 6.45) is 14.7. The van der Waals surface area contributed by atoms with Crippen LogP contribution >= 0.6 is 0 Å². The van der Waals surface area contributed by atoms with Crippen LogP contribution in [0.15, 0.2) is 109 Å². The van der Waals surface area contributed by atoms with Gasteiger partial charge in [-0.1, -0.05) is 95.7 Å². The van der Waals surface area contributed by atoms with E-state index >= 15 is 0 Å². The van der Waals surface area contributed by atoms with Crippen molar-refractivity contribution >= 4 is 34.2 Å². The fourth-order valence-corrected chi connectivity index (χ4v) is 13.8. The standard InChI is InChI=1S/C66H73F3N2O6/c1-7-8-9-10-42-11-13-43(14-12-42)44-15-17-45(18-16-44)63(72)76-52-30-24-49(25-31-52)70-35-37-71(38-36-70)58-40-55-56(41-59(58)75-6)62-54(61-60(55)53-32-23-48(66(67,68)69)39-57(53)64(61,2)3)33-34-65(77-62,46-19-26-50(73-4)27-20-46)47-21-28-51(74-5)29-22-47/h19-34,39-45H,7-18,35-38H2,1-6H3/t42-,43-,44-,45-. The number of unbranched alkanes of at least 4 members (excludes halogenated alkanes) is 2. The van der Waals surface area contributed by atoms with Gasteiger partial charge in [-0.05, 0) is 163 Å². The number of carbonyl (C=O) groups excluding carboxylic acids is 1. The molecule has 6 aromatic rings. The van der Waals surface area contributed by atoms with E-state index in [9.17, 15) is 18.0 Å². The van der Waals surface area contributed by atoms with Crippen LogP contribution < -0.4 is 33.5 Å². The number of fused-ring (bicyclic) bond motifs is 8. The third kappa shape index (κ3) is 9.90. The minimum absolute atomic E-state index is 0.0388. The quantitative estimate of drug-likeness (QED) is 0.0607. The first-order chi connectivity index (χ1) is 37.2. The number of hydrogen-bond acceptors (Lipinski definition) is 8. The molecule has 1 saturated heterocycles. The zero-order valence-electron chi connectivity index (χ0n) is 45.6. The summed E-state index contributed by atoms with van der Waals surface area (Å²) >= 11 is 0. The molecule has 0 atom stereocenters. The van der Waals surface area contributed by atoms with Crippen LogP contribution in [0.4, 0.5) is 24.5 Å². The maximum atomic E-state index is 14.5. The van der Waals surface area contributed by atoms with Crippen molar-refractivity contribution in [2.75, 3.05) is 57.3 Å². The number of benzene rings is 6. The smallest absolute Gasteiger partial charge is 0.416 e. The van der Waals surface area contributed by atoms with Crippen molar-refractivity contribution in [2.45, 2.75) is 115 Å². The molecule has 11 rings (SSSR count). The Balaban J connectivity index is 0.853. The van der Waals surface area contributed by atoms with E-state index in [0.717, 1.165) is 112 Å². The highest BCUT2D eigenvalue weighted by Gasteiger charge is 2.46. The molecule has 0 spiro atoms. The highest BCUT2D eigenvalue weighted by Crippen LogP contribution is 2.60. The van der Waals surface area contributed by atoms with Crippen LogP contribution in [0, 0.1) is 23.7 Å². The van der Waals surface area contributed by atoms with Crippen LogP contribution in [0.3, 0.4) is 0 Å². The first-order valence-corrected chi connectivity index (χ1v) is 28.2. The Morgan fingerprint density at radius 2 is 1.27 bits per heavy atom. The Morgan fingerprint density at radius 3 is 1.86 bits per heavy atom. The third-order valence-corrected chi connectivity index (χ3v) is 18.2. The maximum Gasteiger partial charge on any atom is 0.416 e. The summed E-state index contributed by atoms with van der Waals surface area (Å²) in [6, 6.07) is 32.0. The van der Waals surface area contributed by atoms with Crippen LogP contribution in [0.25, 0.3) is 28.0 Å². The van der Waals surface area contributed by atoms with Gasteiger partial charge in [-0.3, -0.25) is 4.79 Å². The molecule has 0 unspecified atom stereocenters. The van der Waals surface area contributed by atoms with E-state index < -0.39 is 22.8 Å². The van der Waals surface area contributed by atoms with Gasteiger partial charge in [0.15, 0.2) is 5.60 Å². The Labute approximate surface area is 452 Å². The average Bonchev–Trinajstić information content (AvgIpc) is 4.00. The van der Waals surface area contributed by atoms with Gasteiger partial charge in [0.05, 0.1) is 38.5 Å². The molecule has 0 amide bonds. The highest BCUT2D eigenvalue weighted by molar-refractivity contribution is 6.10. The molecular formula is C66H73F3N2O6. The normalized spacial score (nSPS) is 21.4. The molecule has 0 bridgehead atoms. The molecule has 3 fully saturated rings. The summed E-state index contributed by atoms with van der Waals surface area (Å²) in [5, 5.41) is 1.65. The van der Waals surface area contributed by atoms with E-state index in [2.05, 4.69) is 34.9 Å². The number of halogens is 3. The van der Waals surface area contributed by atoms with E-state index in [1.807, 2.05) is 92.7 Å². The lowest BCUT2D eigenvalue weighted by molar-refractivity contribution is -0.140. The number of ether oxygens (including phenoxy) is 5. The molecule has 0 radical (unpaired) electrons. The van der Waals surface area contributed by atoms with Crippen LogP contribution in [-0.2, 0) is 22.0 Å². The fourth-order valence-electron chi connectivity index (χ4n) is 13.8. The molecule has 2 saturated carbocycles. The first-order valence-electron chi connectivity index (χ1n) is 28.2. The lowest BCUT2D eigenvalue weighted by atomic mass is 9.68. The number of piperazine rings is 1. The van der Waals surface area contributed by atoms with Crippen molar-refractivity contribution in [3.8, 4) is 39.9 Å². The number of nitrogens with zero attached hydrogens (tertiary/aromatic N) is 2. The molecule has 8 nitrogen and oxygen atoms in total. The van der Waals surface area contributed by atoms with Crippen molar-refractivity contribution in [2.24, 2.45) is 23.7 Å². The van der Waals surface area contributed by atoms with Gasteiger partial charge in [-0.25, -0.2) is 0 Å². The van der Waals surface area contributed by atoms with Crippen LogP contribution in [-0.4, -0.2) is 53.5 Å². The molecule has 5 aliphatic rings. The molecule has 0 aromatic heterocycles. The van der Waals surface area contributed by atoms with Crippen molar-refractivity contribution in [3.63, 3.8) is 0 Å². The number of esters is 1. The number of alkyl halides is 3. The van der Waals surface area contributed by atoms with Crippen LogP contribution in [0.1, 0.15) is 131 Å².